The van der Waals surface area contributed by atoms with Crippen molar-refractivity contribution in [2.75, 3.05) is 33.5 Å². The van der Waals surface area contributed by atoms with Gasteiger partial charge in [0.2, 0.25) is 5.75 Å². The summed E-state index contributed by atoms with van der Waals surface area (Å²) in [5.74, 6) is 0.980. The fraction of sp³-hybridized carbons (Fsp3) is 0.400. The predicted molar refractivity (Wildman–Crippen MR) is 133 cm³/mol. The molecular formula is C25H30N2O7S. The summed E-state index contributed by atoms with van der Waals surface area (Å²) in [5, 5.41) is 0. The highest BCUT2D eigenvalue weighted by Gasteiger charge is 2.19. The molecule has 0 unspecified atom stereocenters. The van der Waals surface area contributed by atoms with Crippen LogP contribution in [0.15, 0.2) is 35.3 Å². The van der Waals surface area contributed by atoms with Crippen molar-refractivity contribution in [3.05, 3.63) is 40.7 Å². The molecule has 188 valence electrons. The third kappa shape index (κ3) is 6.13. The number of aromatic nitrogens is 1. The molecule has 3 rings (SSSR count). The third-order valence-corrected chi connectivity index (χ3v) is 5.88. The van der Waals surface area contributed by atoms with Crippen molar-refractivity contribution in [3.63, 3.8) is 0 Å². The van der Waals surface area contributed by atoms with Crippen molar-refractivity contribution in [2.45, 2.75) is 34.2 Å². The Kier molecular flexibility index (Phi) is 9.13. The molecule has 0 aliphatic carbocycles. The number of amides is 1. The van der Waals surface area contributed by atoms with Gasteiger partial charge in [-0.2, -0.15) is 4.99 Å². The van der Waals surface area contributed by atoms with Gasteiger partial charge in [0.15, 0.2) is 16.3 Å². The minimum Gasteiger partial charge on any atom is -0.497 e. The van der Waals surface area contributed by atoms with Gasteiger partial charge in [-0.1, -0.05) is 11.3 Å². The average Bonchev–Trinajstić information content (AvgIpc) is 3.17. The van der Waals surface area contributed by atoms with Crippen LogP contribution >= 0.6 is 11.3 Å². The van der Waals surface area contributed by atoms with Crippen molar-refractivity contribution in [3.8, 4) is 23.0 Å². The van der Waals surface area contributed by atoms with Gasteiger partial charge in [-0.15, -0.1) is 0 Å². The van der Waals surface area contributed by atoms with Crippen LogP contribution in [0.2, 0.25) is 0 Å². The number of ether oxygens (including phenoxy) is 5. The van der Waals surface area contributed by atoms with Crippen molar-refractivity contribution in [1.29, 1.82) is 0 Å². The van der Waals surface area contributed by atoms with E-state index in [9.17, 15) is 9.59 Å². The molecule has 1 heterocycles. The molecule has 1 amide bonds. The molecule has 0 radical (unpaired) electrons. The maximum atomic E-state index is 13.3. The van der Waals surface area contributed by atoms with Gasteiger partial charge in [-0.25, -0.2) is 0 Å². The van der Waals surface area contributed by atoms with Crippen LogP contribution < -0.4 is 23.7 Å². The molecule has 0 aliphatic heterocycles. The molecule has 0 N–H and O–H groups in total. The molecule has 0 aliphatic rings. The quantitative estimate of drug-likeness (QED) is 0.362. The van der Waals surface area contributed by atoms with Gasteiger partial charge in [-0.3, -0.25) is 9.59 Å². The monoisotopic (exact) mass is 502 g/mol. The number of carbonyl (C=O) groups is 2. The number of carbonyl (C=O) groups excluding carboxylic acids is 2. The summed E-state index contributed by atoms with van der Waals surface area (Å²) in [6.07, 6.45) is 0. The summed E-state index contributed by atoms with van der Waals surface area (Å²) >= 11 is 1.28. The Morgan fingerprint density at radius 3 is 2.14 bits per heavy atom. The van der Waals surface area contributed by atoms with Gasteiger partial charge >= 0.3 is 5.97 Å². The number of hydrogen-bond acceptors (Lipinski definition) is 8. The lowest BCUT2D eigenvalue weighted by Crippen LogP contribution is -2.23. The van der Waals surface area contributed by atoms with Crippen molar-refractivity contribution in [1.82, 2.24) is 4.57 Å². The molecule has 10 heteroatoms. The van der Waals surface area contributed by atoms with Crippen LogP contribution in [0.1, 0.15) is 38.1 Å². The van der Waals surface area contributed by atoms with Crippen molar-refractivity contribution >= 4 is 33.4 Å². The first kappa shape index (κ1) is 26.1. The molecular weight excluding hydrogens is 472 g/mol. The maximum absolute atomic E-state index is 13.3. The first-order chi connectivity index (χ1) is 16.9. The van der Waals surface area contributed by atoms with Crippen LogP contribution in [0.25, 0.3) is 10.2 Å². The number of benzene rings is 2. The summed E-state index contributed by atoms with van der Waals surface area (Å²) < 4.78 is 30.1. The summed E-state index contributed by atoms with van der Waals surface area (Å²) in [4.78, 5) is 30.3. The highest BCUT2D eigenvalue weighted by Crippen LogP contribution is 2.39. The zero-order valence-electron chi connectivity index (χ0n) is 20.6. The van der Waals surface area contributed by atoms with E-state index in [1.54, 1.807) is 36.8 Å². The Morgan fingerprint density at radius 1 is 0.914 bits per heavy atom. The molecule has 0 fully saturated rings. The normalized spacial score (nSPS) is 11.4. The van der Waals surface area contributed by atoms with Crippen molar-refractivity contribution < 1.29 is 33.3 Å². The van der Waals surface area contributed by atoms with Crippen LogP contribution in [0.3, 0.4) is 0 Å². The first-order valence-electron chi connectivity index (χ1n) is 11.4. The largest absolute Gasteiger partial charge is 0.497 e. The number of methoxy groups -OCH3 is 1. The van der Waals surface area contributed by atoms with Gasteiger partial charge < -0.3 is 28.3 Å². The molecule has 1 aromatic heterocycles. The Balaban J connectivity index is 2.14. The molecule has 35 heavy (non-hydrogen) atoms. The minimum absolute atomic E-state index is 0.0794. The van der Waals surface area contributed by atoms with Crippen LogP contribution in [-0.2, 0) is 16.1 Å². The zero-order chi connectivity index (χ0) is 25.4. The Morgan fingerprint density at radius 2 is 1.57 bits per heavy atom. The smallest absolute Gasteiger partial charge is 0.326 e. The van der Waals surface area contributed by atoms with E-state index in [2.05, 4.69) is 4.99 Å². The lowest BCUT2D eigenvalue weighted by Gasteiger charge is -2.16. The highest BCUT2D eigenvalue weighted by atomic mass is 32.1. The average molecular weight is 503 g/mol. The topological polar surface area (TPSA) is 97.6 Å². The lowest BCUT2D eigenvalue weighted by molar-refractivity contribution is -0.143. The second-order valence-electron chi connectivity index (χ2n) is 7.13. The van der Waals surface area contributed by atoms with E-state index in [1.165, 1.54) is 11.3 Å². The highest BCUT2D eigenvalue weighted by molar-refractivity contribution is 7.16. The Bertz CT molecular complexity index is 1240. The molecule has 0 spiro atoms. The molecule has 0 atom stereocenters. The van der Waals surface area contributed by atoms with E-state index in [4.69, 9.17) is 23.7 Å². The first-order valence-corrected chi connectivity index (χ1v) is 12.3. The van der Waals surface area contributed by atoms with E-state index in [0.717, 1.165) is 10.2 Å². The van der Waals surface area contributed by atoms with E-state index >= 15 is 0 Å². The standard InChI is InChI=1S/C25H30N2O7S/c1-6-31-19-12-16(13-20(32-7-2)23(19)34-9-4)24(29)26-25-27(15-22(28)33-8-3)18-11-10-17(30-5)14-21(18)35-25/h10-14H,6-9,15H2,1-5H3. The Hall–Kier alpha value is -3.53. The molecule has 0 saturated carbocycles. The zero-order valence-corrected chi connectivity index (χ0v) is 21.4. The van der Waals surface area contributed by atoms with Gasteiger partial charge in [0.1, 0.15) is 12.3 Å². The van der Waals surface area contributed by atoms with Crippen LogP contribution in [0, 0.1) is 0 Å². The van der Waals surface area contributed by atoms with E-state index in [1.807, 2.05) is 32.9 Å². The van der Waals surface area contributed by atoms with Crippen molar-refractivity contribution in [2.24, 2.45) is 4.99 Å². The lowest BCUT2D eigenvalue weighted by atomic mass is 10.1. The SMILES string of the molecule is CCOC(=O)Cn1c(=NC(=O)c2cc(OCC)c(OCC)c(OCC)c2)sc2cc(OC)ccc21. The molecule has 2 aromatic carbocycles. The summed E-state index contributed by atoms with van der Waals surface area (Å²) in [7, 11) is 1.58. The fourth-order valence-corrected chi connectivity index (χ4v) is 4.47. The van der Waals surface area contributed by atoms with Gasteiger partial charge in [-0.05, 0) is 58.0 Å². The van der Waals surface area contributed by atoms with E-state index in [0.29, 0.717) is 47.6 Å². The molecule has 0 bridgehead atoms. The predicted octanol–water partition coefficient (Wildman–Crippen LogP) is 4.21. The van der Waals surface area contributed by atoms with Gasteiger partial charge in [0.25, 0.3) is 5.91 Å². The molecule has 3 aromatic rings. The molecule has 9 nitrogen and oxygen atoms in total. The van der Waals surface area contributed by atoms with E-state index in [-0.39, 0.29) is 18.7 Å². The molecule has 0 saturated heterocycles. The van der Waals surface area contributed by atoms with Gasteiger partial charge in [0.05, 0.1) is 43.8 Å². The summed E-state index contributed by atoms with van der Waals surface area (Å²) in [5.41, 5.74) is 1.02. The Labute approximate surface area is 207 Å². The summed E-state index contributed by atoms with van der Waals surface area (Å²) in [6.45, 7) is 8.66. The third-order valence-electron chi connectivity index (χ3n) is 4.84. The second kappa shape index (κ2) is 12.3. The second-order valence-corrected chi connectivity index (χ2v) is 8.14. The van der Waals surface area contributed by atoms with Crippen LogP contribution in [0.4, 0.5) is 0 Å². The maximum Gasteiger partial charge on any atom is 0.326 e. The number of hydrogen-bond donors (Lipinski definition) is 0. The van der Waals surface area contributed by atoms with Gasteiger partial charge in [0, 0.05) is 5.56 Å². The number of thiazole rings is 1. The minimum atomic E-state index is -0.508. The van der Waals surface area contributed by atoms with Crippen LogP contribution in [0.5, 0.6) is 23.0 Å². The number of esters is 1. The fourth-order valence-electron chi connectivity index (χ4n) is 3.42. The number of fused-ring (bicyclic) bond motifs is 1. The van der Waals surface area contributed by atoms with Crippen LogP contribution in [-0.4, -0.2) is 50.0 Å². The number of nitrogens with zero attached hydrogens (tertiary/aromatic N) is 2. The number of rotatable bonds is 11. The summed E-state index contributed by atoms with van der Waals surface area (Å²) in [6, 6.07) is 8.63. The van der Waals surface area contributed by atoms with E-state index < -0.39 is 11.9 Å².